The first-order valence-electron chi connectivity index (χ1n) is 7.55. The number of hydrogen-bond donors (Lipinski definition) is 1. The van der Waals surface area contributed by atoms with Crippen molar-refractivity contribution in [2.24, 2.45) is 0 Å². The van der Waals surface area contributed by atoms with Crippen molar-refractivity contribution < 1.29 is 18.7 Å². The third-order valence-corrected chi connectivity index (χ3v) is 3.97. The predicted molar refractivity (Wildman–Crippen MR) is 81.5 cm³/mol. The number of carbonyl (C=O) groups excluding carboxylic acids is 1. The van der Waals surface area contributed by atoms with Gasteiger partial charge in [0.15, 0.2) is 0 Å². The number of methoxy groups -OCH3 is 1. The van der Waals surface area contributed by atoms with Crippen molar-refractivity contribution in [3.63, 3.8) is 0 Å². The maximum absolute atomic E-state index is 14.1. The molecule has 2 atom stereocenters. The SMILES string of the molecule is CC[C@H]1COCCN1C(=O)N[C@H](C)c1c(F)cccc1OC. The minimum Gasteiger partial charge on any atom is -0.496 e. The third kappa shape index (κ3) is 3.50. The van der Waals surface area contributed by atoms with E-state index in [0.717, 1.165) is 6.42 Å². The molecule has 22 heavy (non-hydrogen) atoms. The molecule has 0 spiro atoms. The lowest BCUT2D eigenvalue weighted by Gasteiger charge is -2.35. The fourth-order valence-corrected chi connectivity index (χ4v) is 2.72. The molecule has 1 saturated heterocycles. The lowest BCUT2D eigenvalue weighted by molar-refractivity contribution is 0.0108. The molecule has 1 aromatic carbocycles. The Kier molecular flexibility index (Phi) is 5.60. The zero-order valence-corrected chi connectivity index (χ0v) is 13.3. The van der Waals surface area contributed by atoms with Crippen molar-refractivity contribution in [3.8, 4) is 5.75 Å². The standard InChI is InChI=1S/C16H23FN2O3/c1-4-12-10-22-9-8-19(12)16(20)18-11(2)15-13(17)6-5-7-14(15)21-3/h5-7,11-12H,4,8-10H2,1-3H3,(H,18,20)/t11-,12+/m1/s1. The number of amides is 2. The molecule has 0 aromatic heterocycles. The Bertz CT molecular complexity index is 524. The fraction of sp³-hybridized carbons (Fsp3) is 0.562. The molecule has 1 aromatic rings. The van der Waals surface area contributed by atoms with Crippen LogP contribution in [0.1, 0.15) is 31.9 Å². The van der Waals surface area contributed by atoms with Crippen LogP contribution in [-0.4, -0.2) is 43.8 Å². The first-order chi connectivity index (χ1) is 10.6. The van der Waals surface area contributed by atoms with Gasteiger partial charge in [0.25, 0.3) is 0 Å². The summed E-state index contributed by atoms with van der Waals surface area (Å²) in [5.41, 5.74) is 0.361. The Morgan fingerprint density at radius 2 is 2.36 bits per heavy atom. The van der Waals surface area contributed by atoms with Crippen molar-refractivity contribution >= 4 is 6.03 Å². The lowest BCUT2D eigenvalue weighted by Crippen LogP contribution is -2.52. The van der Waals surface area contributed by atoms with Gasteiger partial charge in [0.2, 0.25) is 0 Å². The molecule has 0 aliphatic carbocycles. The summed E-state index contributed by atoms with van der Waals surface area (Å²) in [5, 5.41) is 2.86. The molecule has 6 heteroatoms. The Balaban J connectivity index is 2.11. The highest BCUT2D eigenvalue weighted by Gasteiger charge is 2.28. The number of nitrogens with zero attached hydrogens (tertiary/aromatic N) is 1. The number of urea groups is 1. The molecule has 0 bridgehead atoms. The second-order valence-corrected chi connectivity index (χ2v) is 5.36. The number of ether oxygens (including phenoxy) is 2. The van der Waals surface area contributed by atoms with Crippen molar-refractivity contribution in [1.82, 2.24) is 10.2 Å². The summed E-state index contributed by atoms with van der Waals surface area (Å²) in [6, 6.07) is 4.01. The monoisotopic (exact) mass is 310 g/mol. The van der Waals surface area contributed by atoms with Crippen molar-refractivity contribution in [2.75, 3.05) is 26.9 Å². The molecule has 1 aliphatic heterocycles. The quantitative estimate of drug-likeness (QED) is 0.930. The Morgan fingerprint density at radius 1 is 1.59 bits per heavy atom. The highest BCUT2D eigenvalue weighted by molar-refractivity contribution is 5.75. The highest BCUT2D eigenvalue weighted by atomic mass is 19.1. The molecule has 0 saturated carbocycles. The van der Waals surface area contributed by atoms with Crippen LogP contribution in [0.25, 0.3) is 0 Å². The molecule has 2 amide bonds. The summed E-state index contributed by atoms with van der Waals surface area (Å²) in [7, 11) is 1.49. The summed E-state index contributed by atoms with van der Waals surface area (Å²) in [5.74, 6) is 0.0444. The van der Waals surface area contributed by atoms with Crippen LogP contribution < -0.4 is 10.1 Å². The van der Waals surface area contributed by atoms with E-state index in [0.29, 0.717) is 31.1 Å². The van der Waals surface area contributed by atoms with Crippen LogP contribution in [0.4, 0.5) is 9.18 Å². The van der Waals surface area contributed by atoms with Gasteiger partial charge in [-0.1, -0.05) is 13.0 Å². The van der Waals surface area contributed by atoms with Gasteiger partial charge in [-0.3, -0.25) is 0 Å². The number of halogens is 1. The second kappa shape index (κ2) is 7.45. The van der Waals surface area contributed by atoms with E-state index in [4.69, 9.17) is 9.47 Å². The summed E-state index contributed by atoms with van der Waals surface area (Å²) < 4.78 is 24.6. The van der Waals surface area contributed by atoms with E-state index in [1.165, 1.54) is 13.2 Å². The molecule has 0 unspecified atom stereocenters. The van der Waals surface area contributed by atoms with Crippen molar-refractivity contribution in [2.45, 2.75) is 32.4 Å². The summed E-state index contributed by atoms with van der Waals surface area (Å²) in [6.07, 6.45) is 0.824. The van der Waals surface area contributed by atoms with Crippen LogP contribution in [0, 0.1) is 5.82 Å². The topological polar surface area (TPSA) is 50.8 Å². The molecule has 1 N–H and O–H groups in total. The number of hydrogen-bond acceptors (Lipinski definition) is 3. The van der Waals surface area contributed by atoms with Crippen LogP contribution >= 0.6 is 0 Å². The fourth-order valence-electron chi connectivity index (χ4n) is 2.72. The Labute approximate surface area is 130 Å². The van der Waals surface area contributed by atoms with Crippen molar-refractivity contribution in [1.29, 1.82) is 0 Å². The van der Waals surface area contributed by atoms with Crippen LogP contribution in [0.3, 0.4) is 0 Å². The molecule has 122 valence electrons. The second-order valence-electron chi connectivity index (χ2n) is 5.36. The number of benzene rings is 1. The average molecular weight is 310 g/mol. The third-order valence-electron chi connectivity index (χ3n) is 3.97. The molecule has 1 aliphatic rings. The van der Waals surface area contributed by atoms with E-state index < -0.39 is 6.04 Å². The van der Waals surface area contributed by atoms with Gasteiger partial charge in [0.05, 0.1) is 38.0 Å². The zero-order valence-electron chi connectivity index (χ0n) is 13.3. The van der Waals surface area contributed by atoms with E-state index in [1.54, 1.807) is 24.0 Å². The predicted octanol–water partition coefficient (Wildman–Crippen LogP) is 2.72. The maximum Gasteiger partial charge on any atom is 0.318 e. The van der Waals surface area contributed by atoms with Crippen LogP contribution in [-0.2, 0) is 4.74 Å². The Hall–Kier alpha value is -1.82. The molecule has 5 nitrogen and oxygen atoms in total. The largest absolute Gasteiger partial charge is 0.496 e. The first-order valence-corrected chi connectivity index (χ1v) is 7.55. The van der Waals surface area contributed by atoms with Crippen LogP contribution in [0.15, 0.2) is 18.2 Å². The van der Waals surface area contributed by atoms with Gasteiger partial charge >= 0.3 is 6.03 Å². The summed E-state index contributed by atoms with van der Waals surface area (Å²) in [4.78, 5) is 14.2. The van der Waals surface area contributed by atoms with Gasteiger partial charge in [0, 0.05) is 6.54 Å². The number of carbonyl (C=O) groups is 1. The lowest BCUT2D eigenvalue weighted by atomic mass is 10.1. The van der Waals surface area contributed by atoms with Crippen LogP contribution in [0.5, 0.6) is 5.75 Å². The van der Waals surface area contributed by atoms with E-state index >= 15 is 0 Å². The summed E-state index contributed by atoms with van der Waals surface area (Å²) in [6.45, 7) is 5.39. The molecule has 1 fully saturated rings. The first kappa shape index (κ1) is 16.5. The van der Waals surface area contributed by atoms with Gasteiger partial charge in [-0.25, -0.2) is 9.18 Å². The molecular weight excluding hydrogens is 287 g/mol. The molecule has 2 rings (SSSR count). The number of rotatable bonds is 4. The molecule has 1 heterocycles. The van der Waals surface area contributed by atoms with Crippen molar-refractivity contribution in [3.05, 3.63) is 29.6 Å². The molecule has 0 radical (unpaired) electrons. The normalized spacial score (nSPS) is 19.6. The van der Waals surface area contributed by atoms with Gasteiger partial charge in [-0.2, -0.15) is 0 Å². The van der Waals surface area contributed by atoms with Crippen LogP contribution in [0.2, 0.25) is 0 Å². The van der Waals surface area contributed by atoms with Gasteiger partial charge < -0.3 is 19.7 Å². The number of nitrogens with one attached hydrogen (secondary N) is 1. The van der Waals surface area contributed by atoms with E-state index in [9.17, 15) is 9.18 Å². The summed E-state index contributed by atoms with van der Waals surface area (Å²) >= 11 is 0. The minimum absolute atomic E-state index is 0.0588. The highest BCUT2D eigenvalue weighted by Crippen LogP contribution is 2.28. The van der Waals surface area contributed by atoms with Gasteiger partial charge in [0.1, 0.15) is 11.6 Å². The molecular formula is C16H23FN2O3. The van der Waals surface area contributed by atoms with E-state index in [1.807, 2.05) is 6.92 Å². The number of morpholine rings is 1. The Morgan fingerprint density at radius 3 is 3.05 bits per heavy atom. The van der Waals surface area contributed by atoms with Gasteiger partial charge in [-0.15, -0.1) is 0 Å². The van der Waals surface area contributed by atoms with Gasteiger partial charge in [-0.05, 0) is 25.5 Å². The average Bonchev–Trinajstić information content (AvgIpc) is 2.54. The maximum atomic E-state index is 14.1. The van der Waals surface area contributed by atoms with E-state index in [2.05, 4.69) is 5.32 Å². The minimum atomic E-state index is -0.482. The van der Waals surface area contributed by atoms with E-state index in [-0.39, 0.29) is 17.9 Å². The smallest absolute Gasteiger partial charge is 0.318 e. The zero-order chi connectivity index (χ0) is 16.1.